The highest BCUT2D eigenvalue weighted by Gasteiger charge is 2.14. The lowest BCUT2D eigenvalue weighted by Gasteiger charge is -2.04. The molecule has 70 valence electrons. The molecule has 0 heterocycles. The number of hydrogen-bond acceptors (Lipinski definition) is 2. The Bertz CT molecular complexity index is 435. The third-order valence-electron chi connectivity index (χ3n) is 1.61. The molecule has 0 bridgehead atoms. The summed E-state index contributed by atoms with van der Waals surface area (Å²) in [6.07, 6.45) is 0. The summed E-state index contributed by atoms with van der Waals surface area (Å²) in [4.78, 5) is 0.115. The van der Waals surface area contributed by atoms with Crippen molar-refractivity contribution < 1.29 is 8.42 Å². The maximum atomic E-state index is 11.1. The first kappa shape index (κ1) is 10.3. The van der Waals surface area contributed by atoms with Gasteiger partial charge in [0, 0.05) is 10.7 Å². The first-order valence-electron chi connectivity index (χ1n) is 3.62. The van der Waals surface area contributed by atoms with Gasteiger partial charge in [-0.05, 0) is 24.1 Å². The van der Waals surface area contributed by atoms with E-state index in [9.17, 15) is 8.42 Å². The molecule has 0 saturated heterocycles. The SMILES string of the molecule is C=C(C)c1ccccc1S(=O)(=O)Cl. The summed E-state index contributed by atoms with van der Waals surface area (Å²) < 4.78 is 22.2. The third kappa shape index (κ3) is 2.32. The summed E-state index contributed by atoms with van der Waals surface area (Å²) in [6, 6.07) is 6.52. The second kappa shape index (κ2) is 3.52. The molecule has 0 aliphatic carbocycles. The Morgan fingerprint density at radius 3 is 2.31 bits per heavy atom. The fraction of sp³-hybridized carbons (Fsp3) is 0.111. The fourth-order valence-corrected chi connectivity index (χ4v) is 2.18. The van der Waals surface area contributed by atoms with Crippen molar-refractivity contribution in [1.82, 2.24) is 0 Å². The van der Waals surface area contributed by atoms with Crippen LogP contribution in [0.15, 0.2) is 35.7 Å². The van der Waals surface area contributed by atoms with Crippen LogP contribution in [0.2, 0.25) is 0 Å². The van der Waals surface area contributed by atoms with E-state index in [-0.39, 0.29) is 4.90 Å². The van der Waals surface area contributed by atoms with Crippen LogP contribution in [0.25, 0.3) is 5.57 Å². The van der Waals surface area contributed by atoms with E-state index in [1.54, 1.807) is 25.1 Å². The van der Waals surface area contributed by atoms with E-state index in [1.807, 2.05) is 0 Å². The molecule has 13 heavy (non-hydrogen) atoms. The topological polar surface area (TPSA) is 34.1 Å². The summed E-state index contributed by atoms with van der Waals surface area (Å²) in [5, 5.41) is 0. The molecular formula is C9H9ClO2S. The fourth-order valence-electron chi connectivity index (χ4n) is 1.03. The van der Waals surface area contributed by atoms with E-state index >= 15 is 0 Å². The van der Waals surface area contributed by atoms with Gasteiger partial charge in [0.05, 0.1) is 4.90 Å². The van der Waals surface area contributed by atoms with Crippen LogP contribution in [0.4, 0.5) is 0 Å². The van der Waals surface area contributed by atoms with Gasteiger partial charge < -0.3 is 0 Å². The average molecular weight is 217 g/mol. The second-order valence-electron chi connectivity index (χ2n) is 2.71. The van der Waals surface area contributed by atoms with Crippen molar-refractivity contribution in [3.63, 3.8) is 0 Å². The predicted octanol–water partition coefficient (Wildman–Crippen LogP) is 2.65. The van der Waals surface area contributed by atoms with Crippen LogP contribution in [0.3, 0.4) is 0 Å². The number of hydrogen-bond donors (Lipinski definition) is 0. The zero-order chi connectivity index (χ0) is 10.1. The Hall–Kier alpha value is -0.800. The van der Waals surface area contributed by atoms with Crippen LogP contribution < -0.4 is 0 Å². The van der Waals surface area contributed by atoms with Crippen molar-refractivity contribution in [2.24, 2.45) is 0 Å². The molecule has 0 N–H and O–H groups in total. The summed E-state index contributed by atoms with van der Waals surface area (Å²) in [6.45, 7) is 5.41. The molecule has 4 heteroatoms. The Morgan fingerprint density at radius 2 is 1.92 bits per heavy atom. The van der Waals surface area contributed by atoms with E-state index in [4.69, 9.17) is 10.7 Å². The molecule has 1 aromatic rings. The van der Waals surface area contributed by atoms with Gasteiger partial charge in [0.2, 0.25) is 0 Å². The van der Waals surface area contributed by atoms with Crippen LogP contribution in [0, 0.1) is 0 Å². The van der Waals surface area contributed by atoms with Crippen molar-refractivity contribution in [3.8, 4) is 0 Å². The molecule has 0 spiro atoms. The summed E-state index contributed by atoms with van der Waals surface area (Å²) >= 11 is 0. The number of halogens is 1. The number of allylic oxidation sites excluding steroid dienone is 1. The molecule has 0 aliphatic heterocycles. The predicted molar refractivity (Wildman–Crippen MR) is 54.2 cm³/mol. The quantitative estimate of drug-likeness (QED) is 0.713. The highest BCUT2D eigenvalue weighted by Crippen LogP contribution is 2.24. The van der Waals surface area contributed by atoms with Crippen LogP contribution in [0.5, 0.6) is 0 Å². The van der Waals surface area contributed by atoms with Crippen molar-refractivity contribution in [1.29, 1.82) is 0 Å². The van der Waals surface area contributed by atoms with Crippen molar-refractivity contribution in [3.05, 3.63) is 36.4 Å². The molecule has 1 aromatic carbocycles. The molecule has 0 unspecified atom stereocenters. The van der Waals surface area contributed by atoms with Crippen LogP contribution >= 0.6 is 10.7 Å². The van der Waals surface area contributed by atoms with E-state index in [0.29, 0.717) is 11.1 Å². The molecule has 0 radical (unpaired) electrons. The highest BCUT2D eigenvalue weighted by atomic mass is 35.7. The Kier molecular flexibility index (Phi) is 2.78. The average Bonchev–Trinajstić information content (AvgIpc) is 2.03. The molecule has 0 aromatic heterocycles. The standard InChI is InChI=1S/C9H9ClO2S/c1-7(2)8-5-3-4-6-9(8)13(10,11)12/h3-6H,1H2,2H3. The minimum Gasteiger partial charge on any atom is -0.207 e. The van der Waals surface area contributed by atoms with Crippen LogP contribution in [0.1, 0.15) is 12.5 Å². The normalized spacial score (nSPS) is 11.2. The lowest BCUT2D eigenvalue weighted by Crippen LogP contribution is -1.95. The molecule has 0 atom stereocenters. The smallest absolute Gasteiger partial charge is 0.207 e. The van der Waals surface area contributed by atoms with E-state index in [0.717, 1.165) is 0 Å². The molecule has 0 saturated carbocycles. The monoisotopic (exact) mass is 216 g/mol. The van der Waals surface area contributed by atoms with Crippen LogP contribution in [-0.2, 0) is 9.05 Å². The molecule has 0 amide bonds. The maximum Gasteiger partial charge on any atom is 0.261 e. The summed E-state index contributed by atoms with van der Waals surface area (Å²) in [5.41, 5.74) is 1.25. The largest absolute Gasteiger partial charge is 0.261 e. The minimum atomic E-state index is -3.67. The Labute approximate surface area is 82.3 Å². The van der Waals surface area contributed by atoms with E-state index in [1.165, 1.54) is 6.07 Å². The van der Waals surface area contributed by atoms with Gasteiger partial charge >= 0.3 is 0 Å². The van der Waals surface area contributed by atoms with Gasteiger partial charge in [-0.25, -0.2) is 8.42 Å². The van der Waals surface area contributed by atoms with Gasteiger partial charge in [-0.3, -0.25) is 0 Å². The lowest BCUT2D eigenvalue weighted by atomic mass is 10.1. The highest BCUT2D eigenvalue weighted by molar-refractivity contribution is 8.13. The molecular weight excluding hydrogens is 208 g/mol. The maximum absolute atomic E-state index is 11.1. The van der Waals surface area contributed by atoms with Gasteiger partial charge in [0.1, 0.15) is 0 Å². The Balaban J connectivity index is 3.46. The van der Waals surface area contributed by atoms with Gasteiger partial charge in [-0.15, -0.1) is 0 Å². The minimum absolute atomic E-state index is 0.115. The van der Waals surface area contributed by atoms with Gasteiger partial charge in [-0.1, -0.05) is 24.8 Å². The molecule has 2 nitrogen and oxygen atoms in total. The summed E-state index contributed by atoms with van der Waals surface area (Å²) in [5.74, 6) is 0. The number of benzene rings is 1. The number of rotatable bonds is 2. The van der Waals surface area contributed by atoms with E-state index < -0.39 is 9.05 Å². The third-order valence-corrected chi connectivity index (χ3v) is 2.99. The first-order chi connectivity index (χ1) is 5.93. The first-order valence-corrected chi connectivity index (χ1v) is 5.93. The van der Waals surface area contributed by atoms with E-state index in [2.05, 4.69) is 6.58 Å². The summed E-state index contributed by atoms with van der Waals surface area (Å²) in [7, 11) is 1.57. The molecule has 0 fully saturated rings. The van der Waals surface area contributed by atoms with Gasteiger partial charge in [0.25, 0.3) is 9.05 Å². The zero-order valence-electron chi connectivity index (χ0n) is 7.12. The van der Waals surface area contributed by atoms with Gasteiger partial charge in [-0.2, -0.15) is 0 Å². The Morgan fingerprint density at radius 1 is 1.38 bits per heavy atom. The molecule has 1 rings (SSSR count). The van der Waals surface area contributed by atoms with Crippen molar-refractivity contribution in [2.45, 2.75) is 11.8 Å². The zero-order valence-corrected chi connectivity index (χ0v) is 8.69. The van der Waals surface area contributed by atoms with Crippen LogP contribution in [-0.4, -0.2) is 8.42 Å². The van der Waals surface area contributed by atoms with Crippen molar-refractivity contribution >= 4 is 25.3 Å². The second-order valence-corrected chi connectivity index (χ2v) is 5.25. The molecule has 0 aliphatic rings. The lowest BCUT2D eigenvalue weighted by molar-refractivity contribution is 0.609. The van der Waals surface area contributed by atoms with Gasteiger partial charge in [0.15, 0.2) is 0 Å². The van der Waals surface area contributed by atoms with Crippen molar-refractivity contribution in [2.75, 3.05) is 0 Å².